The Morgan fingerprint density at radius 3 is 2.90 bits per heavy atom. The highest BCUT2D eigenvalue weighted by atomic mass is 79.9. The summed E-state index contributed by atoms with van der Waals surface area (Å²) in [5.41, 5.74) is 0.669. The Labute approximate surface area is 130 Å². The van der Waals surface area contributed by atoms with Gasteiger partial charge in [-0.05, 0) is 12.1 Å². The Kier molecular flexibility index (Phi) is 5.03. The third-order valence-corrected chi connectivity index (χ3v) is 3.42. The molecule has 112 valence electrons. The average molecular weight is 354 g/mol. The van der Waals surface area contributed by atoms with Gasteiger partial charge in [0.05, 0.1) is 23.6 Å². The molecule has 0 unspecified atom stereocenters. The monoisotopic (exact) mass is 353 g/mol. The van der Waals surface area contributed by atoms with E-state index in [0.717, 1.165) is 5.82 Å². The number of nitrogens with one attached hydrogen (secondary N) is 1. The Balaban J connectivity index is 2.23. The van der Waals surface area contributed by atoms with E-state index in [1.54, 1.807) is 16.8 Å². The summed E-state index contributed by atoms with van der Waals surface area (Å²) in [7, 11) is 0. The third-order valence-electron chi connectivity index (χ3n) is 2.93. The number of rotatable bonds is 6. The fourth-order valence-corrected chi connectivity index (χ4v) is 2.20. The molecule has 1 N–H and O–H groups in total. The zero-order chi connectivity index (χ0) is 15.4. The van der Waals surface area contributed by atoms with Crippen molar-refractivity contribution in [1.82, 2.24) is 20.1 Å². The van der Waals surface area contributed by atoms with Crippen molar-refractivity contribution >= 4 is 21.6 Å². The lowest BCUT2D eigenvalue weighted by Crippen LogP contribution is -2.24. The van der Waals surface area contributed by atoms with Crippen LogP contribution >= 0.6 is 15.9 Å². The van der Waals surface area contributed by atoms with Crippen LogP contribution in [0.15, 0.2) is 29.0 Å². The van der Waals surface area contributed by atoms with Gasteiger partial charge in [0.25, 0.3) is 5.69 Å². The number of halogens is 1. The number of nitro benzene ring substituents is 1. The van der Waals surface area contributed by atoms with Gasteiger partial charge in [0.15, 0.2) is 0 Å². The molecule has 7 nitrogen and oxygen atoms in total. The molecule has 0 aliphatic rings. The van der Waals surface area contributed by atoms with Gasteiger partial charge in [-0.1, -0.05) is 29.8 Å². The van der Waals surface area contributed by atoms with Gasteiger partial charge in [-0.2, -0.15) is 5.10 Å². The summed E-state index contributed by atoms with van der Waals surface area (Å²) in [5.74, 6) is 0.751. The molecule has 0 amide bonds. The summed E-state index contributed by atoms with van der Waals surface area (Å²) >= 11 is 3.25. The minimum Gasteiger partial charge on any atom is -0.308 e. The molecule has 1 aromatic heterocycles. The smallest absolute Gasteiger partial charge is 0.275 e. The molecule has 2 aromatic rings. The fourth-order valence-electron chi connectivity index (χ4n) is 1.85. The zero-order valence-electron chi connectivity index (χ0n) is 11.8. The summed E-state index contributed by atoms with van der Waals surface area (Å²) in [6.45, 7) is 4.97. The van der Waals surface area contributed by atoms with E-state index in [1.807, 2.05) is 13.8 Å². The van der Waals surface area contributed by atoms with E-state index in [-0.39, 0.29) is 10.6 Å². The summed E-state index contributed by atoms with van der Waals surface area (Å²) in [5, 5.41) is 18.5. The second-order valence-corrected chi connectivity index (χ2v) is 5.82. The molecule has 0 bridgehead atoms. The minimum absolute atomic E-state index is 0.0719. The van der Waals surface area contributed by atoms with Crippen LogP contribution in [-0.4, -0.2) is 25.7 Å². The van der Waals surface area contributed by atoms with Crippen LogP contribution in [0.5, 0.6) is 0 Å². The van der Waals surface area contributed by atoms with Crippen LogP contribution < -0.4 is 5.32 Å². The number of hydrogen-bond acceptors (Lipinski definition) is 5. The molecule has 21 heavy (non-hydrogen) atoms. The summed E-state index contributed by atoms with van der Waals surface area (Å²) < 4.78 is 2.35. The molecule has 0 aliphatic heterocycles. The van der Waals surface area contributed by atoms with Crippen molar-refractivity contribution in [2.24, 2.45) is 0 Å². The van der Waals surface area contributed by atoms with Gasteiger partial charge < -0.3 is 5.32 Å². The molecule has 0 fully saturated rings. The molecule has 0 saturated carbocycles. The van der Waals surface area contributed by atoms with Crippen LogP contribution in [0.3, 0.4) is 0 Å². The quantitative estimate of drug-likeness (QED) is 0.636. The van der Waals surface area contributed by atoms with Crippen LogP contribution in [0.4, 0.5) is 5.69 Å². The van der Waals surface area contributed by atoms with Gasteiger partial charge in [-0.3, -0.25) is 10.1 Å². The van der Waals surface area contributed by atoms with E-state index in [0.29, 0.717) is 29.2 Å². The maximum absolute atomic E-state index is 11.1. The first-order chi connectivity index (χ1) is 9.97. The maximum atomic E-state index is 11.1. The summed E-state index contributed by atoms with van der Waals surface area (Å²) in [6, 6.07) is 5.34. The predicted octanol–water partition coefficient (Wildman–Crippen LogP) is 2.50. The van der Waals surface area contributed by atoms with Crippen LogP contribution in [0.2, 0.25) is 0 Å². The average Bonchev–Trinajstić information content (AvgIpc) is 2.85. The Morgan fingerprint density at radius 2 is 2.24 bits per heavy atom. The lowest BCUT2D eigenvalue weighted by molar-refractivity contribution is -0.385. The number of aromatic nitrogens is 3. The molecule has 2 rings (SSSR count). The van der Waals surface area contributed by atoms with Crippen molar-refractivity contribution in [3.63, 3.8) is 0 Å². The molecule has 0 radical (unpaired) electrons. The minimum atomic E-state index is -0.386. The van der Waals surface area contributed by atoms with Crippen LogP contribution in [0.1, 0.15) is 25.2 Å². The van der Waals surface area contributed by atoms with Crippen molar-refractivity contribution < 1.29 is 4.92 Å². The molecule has 1 heterocycles. The number of hydrogen-bond donors (Lipinski definition) is 1. The molecular weight excluding hydrogens is 338 g/mol. The second-order valence-electron chi connectivity index (χ2n) is 4.90. The SMILES string of the molecule is CC(C)NCc1ncnn1Cc1ccc(Br)cc1[N+](=O)[O-]. The number of benzene rings is 1. The predicted molar refractivity (Wildman–Crippen MR) is 81.9 cm³/mol. The first-order valence-electron chi connectivity index (χ1n) is 6.50. The molecule has 1 aromatic carbocycles. The van der Waals surface area contributed by atoms with Gasteiger partial charge in [0.2, 0.25) is 0 Å². The van der Waals surface area contributed by atoms with Crippen molar-refractivity contribution in [2.45, 2.75) is 33.0 Å². The number of nitrogens with zero attached hydrogens (tertiary/aromatic N) is 4. The Morgan fingerprint density at radius 1 is 1.48 bits per heavy atom. The molecule has 0 saturated heterocycles. The molecule has 0 atom stereocenters. The highest BCUT2D eigenvalue weighted by Gasteiger charge is 2.16. The van der Waals surface area contributed by atoms with Gasteiger partial charge in [0, 0.05) is 16.6 Å². The Bertz CT molecular complexity index is 641. The van der Waals surface area contributed by atoms with Crippen LogP contribution in [0.25, 0.3) is 0 Å². The lowest BCUT2D eigenvalue weighted by atomic mass is 10.2. The first kappa shape index (κ1) is 15.6. The highest BCUT2D eigenvalue weighted by molar-refractivity contribution is 9.10. The van der Waals surface area contributed by atoms with Gasteiger partial charge in [-0.25, -0.2) is 9.67 Å². The molecule has 8 heteroatoms. The molecular formula is C13H16BrN5O2. The van der Waals surface area contributed by atoms with E-state index in [2.05, 4.69) is 31.3 Å². The van der Waals surface area contributed by atoms with E-state index in [1.165, 1.54) is 12.4 Å². The van der Waals surface area contributed by atoms with E-state index < -0.39 is 0 Å². The lowest BCUT2D eigenvalue weighted by Gasteiger charge is -2.10. The van der Waals surface area contributed by atoms with Crippen molar-refractivity contribution in [3.05, 3.63) is 50.5 Å². The van der Waals surface area contributed by atoms with Gasteiger partial charge >= 0.3 is 0 Å². The second kappa shape index (κ2) is 6.77. The first-order valence-corrected chi connectivity index (χ1v) is 7.29. The van der Waals surface area contributed by atoms with Crippen molar-refractivity contribution in [2.75, 3.05) is 0 Å². The van der Waals surface area contributed by atoms with E-state index in [4.69, 9.17) is 0 Å². The normalized spacial score (nSPS) is 11.0. The van der Waals surface area contributed by atoms with Crippen LogP contribution in [0, 0.1) is 10.1 Å². The van der Waals surface area contributed by atoms with Crippen molar-refractivity contribution in [1.29, 1.82) is 0 Å². The largest absolute Gasteiger partial charge is 0.308 e. The Hall–Kier alpha value is -1.80. The fraction of sp³-hybridized carbons (Fsp3) is 0.385. The number of nitro groups is 1. The highest BCUT2D eigenvalue weighted by Crippen LogP contribution is 2.24. The third kappa shape index (κ3) is 4.08. The standard InChI is InChI=1S/C13H16BrN5O2/c1-9(2)15-6-13-16-8-17-18(13)7-10-3-4-11(14)5-12(10)19(20)21/h3-5,8-9,15H,6-7H2,1-2H3. The maximum Gasteiger partial charge on any atom is 0.275 e. The van der Waals surface area contributed by atoms with E-state index in [9.17, 15) is 10.1 Å². The molecule has 0 spiro atoms. The van der Waals surface area contributed by atoms with Gasteiger partial charge in [-0.15, -0.1) is 0 Å². The van der Waals surface area contributed by atoms with Crippen molar-refractivity contribution in [3.8, 4) is 0 Å². The summed E-state index contributed by atoms with van der Waals surface area (Å²) in [6.07, 6.45) is 1.46. The topological polar surface area (TPSA) is 85.9 Å². The molecule has 0 aliphatic carbocycles. The summed E-state index contributed by atoms with van der Waals surface area (Å²) in [4.78, 5) is 14.9. The van der Waals surface area contributed by atoms with E-state index >= 15 is 0 Å². The zero-order valence-corrected chi connectivity index (χ0v) is 13.4. The van der Waals surface area contributed by atoms with Crippen LogP contribution in [-0.2, 0) is 13.1 Å². The van der Waals surface area contributed by atoms with Gasteiger partial charge in [0.1, 0.15) is 12.2 Å².